The molecule has 0 aromatic heterocycles. The number of nitrogens with zero attached hydrogens (tertiary/aromatic N) is 1. The Balaban J connectivity index is 1.51. The fraction of sp³-hybridized carbons (Fsp3) is 0.185. The first-order chi connectivity index (χ1) is 17.9. The number of hydrogen-bond donors (Lipinski definition) is 2. The van der Waals surface area contributed by atoms with Crippen molar-refractivity contribution < 1.29 is 33.3 Å². The van der Waals surface area contributed by atoms with Gasteiger partial charge in [-0.2, -0.15) is 5.10 Å². The predicted octanol–water partition coefficient (Wildman–Crippen LogP) is 3.20. The van der Waals surface area contributed by atoms with E-state index in [1.807, 2.05) is 6.92 Å². The van der Waals surface area contributed by atoms with Crippen molar-refractivity contribution in [3.8, 4) is 23.0 Å². The van der Waals surface area contributed by atoms with E-state index >= 15 is 0 Å². The average Bonchev–Trinajstić information content (AvgIpc) is 2.93. The average molecular weight is 506 g/mol. The van der Waals surface area contributed by atoms with Crippen molar-refractivity contribution in [3.63, 3.8) is 0 Å². The molecule has 2 amide bonds. The molecule has 10 nitrogen and oxygen atoms in total. The Morgan fingerprint density at radius 1 is 0.838 bits per heavy atom. The Hall–Kier alpha value is -4.86. The molecule has 0 spiro atoms. The first-order valence-corrected chi connectivity index (χ1v) is 11.3. The minimum atomic E-state index is -0.554. The molecule has 3 aromatic carbocycles. The Labute approximate surface area is 214 Å². The number of carbonyl (C=O) groups is 3. The van der Waals surface area contributed by atoms with Gasteiger partial charge in [-0.05, 0) is 79.2 Å². The number of esters is 1. The summed E-state index contributed by atoms with van der Waals surface area (Å²) < 4.78 is 21.2. The number of carbonyl (C=O) groups excluding carboxylic acids is 3. The summed E-state index contributed by atoms with van der Waals surface area (Å²) in [6.07, 6.45) is 1.39. The largest absolute Gasteiger partial charge is 0.497 e. The van der Waals surface area contributed by atoms with Gasteiger partial charge in [0.25, 0.3) is 11.8 Å². The Bertz CT molecular complexity index is 1260. The molecule has 2 N–H and O–H groups in total. The number of rotatable bonds is 11. The van der Waals surface area contributed by atoms with Crippen LogP contribution in [0.1, 0.15) is 33.2 Å². The molecule has 0 heterocycles. The number of ether oxygens (including phenoxy) is 4. The summed E-state index contributed by atoms with van der Waals surface area (Å²) in [6, 6.07) is 17.9. The monoisotopic (exact) mass is 505 g/mol. The van der Waals surface area contributed by atoms with Crippen LogP contribution in [-0.4, -0.2) is 51.4 Å². The number of methoxy groups -OCH3 is 2. The van der Waals surface area contributed by atoms with Gasteiger partial charge in [0.05, 0.1) is 39.1 Å². The first kappa shape index (κ1) is 26.7. The van der Waals surface area contributed by atoms with Crippen molar-refractivity contribution in [2.75, 3.05) is 27.4 Å². The highest BCUT2D eigenvalue weighted by Crippen LogP contribution is 2.28. The van der Waals surface area contributed by atoms with Gasteiger partial charge >= 0.3 is 5.97 Å². The molecule has 0 radical (unpaired) electrons. The van der Waals surface area contributed by atoms with Gasteiger partial charge in [-0.3, -0.25) is 9.59 Å². The second-order valence-corrected chi connectivity index (χ2v) is 7.46. The molecular formula is C27H27N3O7. The van der Waals surface area contributed by atoms with Crippen LogP contribution in [0.15, 0.2) is 71.8 Å². The lowest BCUT2D eigenvalue weighted by atomic mass is 10.2. The molecule has 0 aliphatic rings. The molecule has 192 valence electrons. The zero-order valence-corrected chi connectivity index (χ0v) is 20.6. The molecular weight excluding hydrogens is 478 g/mol. The van der Waals surface area contributed by atoms with E-state index in [0.29, 0.717) is 40.5 Å². The van der Waals surface area contributed by atoms with Gasteiger partial charge in [0.15, 0.2) is 11.5 Å². The van der Waals surface area contributed by atoms with Crippen molar-refractivity contribution in [2.45, 2.75) is 6.92 Å². The van der Waals surface area contributed by atoms with E-state index in [1.54, 1.807) is 66.7 Å². The quantitative estimate of drug-likeness (QED) is 0.177. The van der Waals surface area contributed by atoms with Crippen LogP contribution >= 0.6 is 0 Å². The van der Waals surface area contributed by atoms with Gasteiger partial charge in [-0.25, -0.2) is 10.2 Å². The fourth-order valence-electron chi connectivity index (χ4n) is 3.08. The van der Waals surface area contributed by atoms with Crippen LogP contribution in [0.2, 0.25) is 0 Å². The van der Waals surface area contributed by atoms with E-state index in [4.69, 9.17) is 18.9 Å². The number of hydrogen-bond acceptors (Lipinski definition) is 8. The second kappa shape index (κ2) is 13.3. The summed E-state index contributed by atoms with van der Waals surface area (Å²) in [4.78, 5) is 36.6. The van der Waals surface area contributed by atoms with Gasteiger partial charge in [-0.1, -0.05) is 0 Å². The molecule has 0 unspecified atom stereocenters. The highest BCUT2D eigenvalue weighted by Gasteiger charge is 2.13. The Morgan fingerprint density at radius 2 is 1.51 bits per heavy atom. The van der Waals surface area contributed by atoms with Crippen LogP contribution in [0.5, 0.6) is 23.0 Å². The van der Waals surface area contributed by atoms with E-state index in [2.05, 4.69) is 15.8 Å². The summed E-state index contributed by atoms with van der Waals surface area (Å²) in [6.45, 7) is 2.14. The van der Waals surface area contributed by atoms with Gasteiger partial charge < -0.3 is 24.3 Å². The van der Waals surface area contributed by atoms with Gasteiger partial charge in [0.1, 0.15) is 11.5 Å². The van der Waals surface area contributed by atoms with E-state index in [1.165, 1.54) is 20.4 Å². The zero-order valence-electron chi connectivity index (χ0n) is 20.6. The molecule has 0 saturated heterocycles. The lowest BCUT2D eigenvalue weighted by Gasteiger charge is -2.10. The molecule has 10 heteroatoms. The van der Waals surface area contributed by atoms with Gasteiger partial charge in [0.2, 0.25) is 0 Å². The van der Waals surface area contributed by atoms with Crippen LogP contribution in [0, 0.1) is 0 Å². The number of benzene rings is 3. The molecule has 3 rings (SSSR count). The summed E-state index contributed by atoms with van der Waals surface area (Å²) in [5.41, 5.74) is 3.68. The molecule has 37 heavy (non-hydrogen) atoms. The van der Waals surface area contributed by atoms with Crippen molar-refractivity contribution in [1.82, 2.24) is 10.7 Å². The Morgan fingerprint density at radius 3 is 2.16 bits per heavy atom. The molecule has 0 fully saturated rings. The lowest BCUT2D eigenvalue weighted by Crippen LogP contribution is -2.34. The standard InChI is InChI=1S/C27H27N3O7/c1-4-36-22-12-6-19(7-13-22)26(32)28-17-25(31)30-29-16-18-5-14-23(24(15-18)35-3)37-27(33)20-8-10-21(34-2)11-9-20/h5-16H,4,17H2,1-3H3,(H,28,32)(H,30,31)/b29-16-. The number of nitrogens with one attached hydrogen (secondary N) is 2. The minimum absolute atomic E-state index is 0.224. The number of hydrazone groups is 1. The van der Waals surface area contributed by atoms with Gasteiger partial charge in [-0.15, -0.1) is 0 Å². The summed E-state index contributed by atoms with van der Waals surface area (Å²) in [5.74, 6) is 0.355. The highest BCUT2D eigenvalue weighted by molar-refractivity contribution is 5.96. The molecule has 0 saturated carbocycles. The van der Waals surface area contributed by atoms with Gasteiger partial charge in [0, 0.05) is 5.56 Å². The SMILES string of the molecule is CCOc1ccc(C(=O)NCC(=O)N/N=C\c2ccc(OC(=O)c3ccc(OC)cc3)c(OC)c2)cc1. The maximum Gasteiger partial charge on any atom is 0.343 e. The van der Waals surface area contributed by atoms with Crippen LogP contribution in [0.3, 0.4) is 0 Å². The minimum Gasteiger partial charge on any atom is -0.497 e. The zero-order chi connectivity index (χ0) is 26.6. The van der Waals surface area contributed by atoms with Crippen LogP contribution in [0.25, 0.3) is 0 Å². The van der Waals surface area contributed by atoms with Crippen molar-refractivity contribution in [1.29, 1.82) is 0 Å². The molecule has 0 aliphatic carbocycles. The predicted molar refractivity (Wildman–Crippen MR) is 137 cm³/mol. The lowest BCUT2D eigenvalue weighted by molar-refractivity contribution is -0.120. The summed E-state index contributed by atoms with van der Waals surface area (Å²) in [7, 11) is 2.98. The van der Waals surface area contributed by atoms with Crippen LogP contribution < -0.4 is 29.7 Å². The van der Waals surface area contributed by atoms with Crippen molar-refractivity contribution in [3.05, 3.63) is 83.4 Å². The maximum atomic E-state index is 12.4. The third-order valence-electron chi connectivity index (χ3n) is 4.96. The van der Waals surface area contributed by atoms with E-state index in [9.17, 15) is 14.4 Å². The highest BCUT2D eigenvalue weighted by atomic mass is 16.6. The van der Waals surface area contributed by atoms with Crippen LogP contribution in [-0.2, 0) is 4.79 Å². The van der Waals surface area contributed by atoms with Crippen LogP contribution in [0.4, 0.5) is 0 Å². The van der Waals surface area contributed by atoms with E-state index in [-0.39, 0.29) is 12.3 Å². The molecule has 0 aliphatic heterocycles. The van der Waals surface area contributed by atoms with Crippen molar-refractivity contribution in [2.24, 2.45) is 5.10 Å². The maximum absolute atomic E-state index is 12.4. The molecule has 0 atom stereocenters. The Kier molecular flexibility index (Phi) is 9.60. The summed E-state index contributed by atoms with van der Waals surface area (Å²) in [5, 5.41) is 6.41. The van der Waals surface area contributed by atoms with E-state index in [0.717, 1.165) is 0 Å². The molecule has 3 aromatic rings. The second-order valence-electron chi connectivity index (χ2n) is 7.46. The fourth-order valence-corrected chi connectivity index (χ4v) is 3.08. The first-order valence-electron chi connectivity index (χ1n) is 11.3. The van der Waals surface area contributed by atoms with Crippen molar-refractivity contribution >= 4 is 24.0 Å². The third kappa shape index (κ3) is 7.82. The smallest absolute Gasteiger partial charge is 0.343 e. The normalized spacial score (nSPS) is 10.5. The van der Waals surface area contributed by atoms with E-state index < -0.39 is 17.8 Å². The molecule has 0 bridgehead atoms. The topological polar surface area (TPSA) is 125 Å². The summed E-state index contributed by atoms with van der Waals surface area (Å²) >= 11 is 0. The number of amides is 2. The third-order valence-corrected chi connectivity index (χ3v) is 4.96.